The zero-order chi connectivity index (χ0) is 11.0. The molecular weight excluding hydrogens is 258 g/mol. The number of aromatic hydroxyl groups is 1. The summed E-state index contributed by atoms with van der Waals surface area (Å²) in [4.78, 5) is 4.34. The predicted molar refractivity (Wildman–Crippen MR) is 62.4 cm³/mol. The topological polar surface area (TPSA) is 42.4 Å². The van der Waals surface area contributed by atoms with Crippen molar-refractivity contribution in [3.05, 3.63) is 28.4 Å². The Morgan fingerprint density at radius 3 is 2.73 bits per heavy atom. The van der Waals surface area contributed by atoms with Crippen LogP contribution in [0.3, 0.4) is 0 Å². The lowest BCUT2D eigenvalue weighted by Crippen LogP contribution is -1.90. The maximum atomic E-state index is 9.78. The number of ether oxygens (including phenoxy) is 1. The molecule has 0 aliphatic heterocycles. The summed E-state index contributed by atoms with van der Waals surface area (Å²) in [6.07, 6.45) is 0. The number of aromatic nitrogens is 1. The van der Waals surface area contributed by atoms with E-state index in [4.69, 9.17) is 4.74 Å². The quantitative estimate of drug-likeness (QED) is 0.864. The second kappa shape index (κ2) is 3.70. The molecule has 1 N–H and O–H groups in total. The van der Waals surface area contributed by atoms with Gasteiger partial charge in [0.15, 0.2) is 0 Å². The summed E-state index contributed by atoms with van der Waals surface area (Å²) >= 11 is 3.36. The van der Waals surface area contributed by atoms with Crippen molar-refractivity contribution >= 4 is 26.8 Å². The van der Waals surface area contributed by atoms with Gasteiger partial charge in [0.05, 0.1) is 7.11 Å². The van der Waals surface area contributed by atoms with Gasteiger partial charge in [0.25, 0.3) is 0 Å². The molecule has 1 heterocycles. The molecule has 0 fully saturated rings. The van der Waals surface area contributed by atoms with Crippen LogP contribution in [-0.2, 0) is 0 Å². The van der Waals surface area contributed by atoms with E-state index >= 15 is 0 Å². The Morgan fingerprint density at radius 2 is 2.07 bits per heavy atom. The van der Waals surface area contributed by atoms with Gasteiger partial charge in [-0.3, -0.25) is 0 Å². The highest BCUT2D eigenvalue weighted by atomic mass is 79.9. The van der Waals surface area contributed by atoms with Gasteiger partial charge in [0, 0.05) is 21.6 Å². The number of pyridine rings is 1. The molecule has 0 unspecified atom stereocenters. The lowest BCUT2D eigenvalue weighted by atomic mass is 10.1. The van der Waals surface area contributed by atoms with E-state index in [9.17, 15) is 5.11 Å². The fourth-order valence-corrected chi connectivity index (χ4v) is 1.96. The van der Waals surface area contributed by atoms with Gasteiger partial charge in [-0.2, -0.15) is 0 Å². The fraction of sp³-hybridized carbons (Fsp3) is 0.182. The highest BCUT2D eigenvalue weighted by molar-refractivity contribution is 9.10. The molecule has 3 nitrogen and oxygen atoms in total. The Kier molecular flexibility index (Phi) is 2.52. The second-order valence-electron chi connectivity index (χ2n) is 3.29. The smallest absolute Gasteiger partial charge is 0.146 e. The van der Waals surface area contributed by atoms with Crippen molar-refractivity contribution < 1.29 is 9.84 Å². The maximum absolute atomic E-state index is 9.78. The molecule has 2 rings (SSSR count). The van der Waals surface area contributed by atoms with Crippen LogP contribution in [0.25, 0.3) is 10.9 Å². The van der Waals surface area contributed by atoms with Gasteiger partial charge in [0.2, 0.25) is 0 Å². The molecular formula is C11H10BrNO2. The summed E-state index contributed by atoms with van der Waals surface area (Å²) < 4.78 is 6.07. The lowest BCUT2D eigenvalue weighted by Gasteiger charge is -2.08. The normalized spacial score (nSPS) is 10.6. The number of methoxy groups -OCH3 is 1. The number of halogens is 1. The zero-order valence-electron chi connectivity index (χ0n) is 8.41. The first kappa shape index (κ1) is 10.2. The minimum Gasteiger partial charge on any atom is -0.507 e. The maximum Gasteiger partial charge on any atom is 0.146 e. The summed E-state index contributed by atoms with van der Waals surface area (Å²) in [6.45, 7) is 1.83. The van der Waals surface area contributed by atoms with Crippen LogP contribution in [0.4, 0.5) is 0 Å². The minimum absolute atomic E-state index is 0.220. The third-order valence-electron chi connectivity index (χ3n) is 2.17. The van der Waals surface area contributed by atoms with Gasteiger partial charge in [0.1, 0.15) is 17.0 Å². The standard InChI is InChI=1S/C11H10BrNO2/c1-6-3-9(14)8-4-7(12)5-10(15-2)11(8)13-6/h3-5H,1-2H3,(H,13,14). The van der Waals surface area contributed by atoms with Crippen LogP contribution in [0.5, 0.6) is 11.5 Å². The van der Waals surface area contributed by atoms with Gasteiger partial charge >= 0.3 is 0 Å². The average Bonchev–Trinajstić information content (AvgIpc) is 2.18. The number of hydrogen-bond donors (Lipinski definition) is 1. The molecule has 0 radical (unpaired) electrons. The van der Waals surface area contributed by atoms with E-state index in [0.29, 0.717) is 16.7 Å². The Labute approximate surface area is 95.8 Å². The second-order valence-corrected chi connectivity index (χ2v) is 4.20. The summed E-state index contributed by atoms with van der Waals surface area (Å²) in [7, 11) is 1.59. The molecule has 0 atom stereocenters. The van der Waals surface area contributed by atoms with Crippen LogP contribution >= 0.6 is 15.9 Å². The molecule has 4 heteroatoms. The summed E-state index contributed by atoms with van der Waals surface area (Å²) in [5.41, 5.74) is 1.44. The minimum atomic E-state index is 0.220. The molecule has 0 saturated heterocycles. The van der Waals surface area contributed by atoms with Crippen molar-refractivity contribution in [1.82, 2.24) is 4.98 Å². The first-order valence-corrected chi connectivity index (χ1v) is 5.25. The van der Waals surface area contributed by atoms with Crippen molar-refractivity contribution in [1.29, 1.82) is 0 Å². The van der Waals surface area contributed by atoms with Crippen LogP contribution in [0.15, 0.2) is 22.7 Å². The monoisotopic (exact) mass is 267 g/mol. The Bertz CT molecular complexity index is 525. The van der Waals surface area contributed by atoms with Crippen molar-refractivity contribution in [2.45, 2.75) is 6.92 Å². The van der Waals surface area contributed by atoms with Crippen molar-refractivity contribution in [2.75, 3.05) is 7.11 Å². The molecule has 0 aliphatic rings. The summed E-state index contributed by atoms with van der Waals surface area (Å²) in [6, 6.07) is 5.28. The number of nitrogens with zero attached hydrogens (tertiary/aromatic N) is 1. The Balaban J connectivity index is 2.89. The van der Waals surface area contributed by atoms with Crippen LogP contribution in [0.2, 0.25) is 0 Å². The lowest BCUT2D eigenvalue weighted by molar-refractivity contribution is 0.418. The largest absolute Gasteiger partial charge is 0.507 e. The molecule has 0 bridgehead atoms. The average molecular weight is 268 g/mol. The summed E-state index contributed by atoms with van der Waals surface area (Å²) in [5, 5.41) is 10.5. The molecule has 1 aromatic heterocycles. The number of benzene rings is 1. The number of rotatable bonds is 1. The SMILES string of the molecule is COc1cc(Br)cc2c(O)cc(C)nc12. The van der Waals surface area contributed by atoms with Crippen LogP contribution in [-0.4, -0.2) is 17.2 Å². The van der Waals surface area contributed by atoms with E-state index in [-0.39, 0.29) is 5.75 Å². The van der Waals surface area contributed by atoms with Gasteiger partial charge in [-0.25, -0.2) is 4.98 Å². The molecule has 78 valence electrons. The van der Waals surface area contributed by atoms with Gasteiger partial charge in [-0.1, -0.05) is 15.9 Å². The van der Waals surface area contributed by atoms with Crippen LogP contribution in [0.1, 0.15) is 5.69 Å². The van der Waals surface area contributed by atoms with E-state index in [1.54, 1.807) is 13.2 Å². The summed E-state index contributed by atoms with van der Waals surface area (Å²) in [5.74, 6) is 0.871. The van der Waals surface area contributed by atoms with Gasteiger partial charge in [-0.15, -0.1) is 0 Å². The van der Waals surface area contributed by atoms with E-state index < -0.39 is 0 Å². The van der Waals surface area contributed by atoms with E-state index in [0.717, 1.165) is 10.2 Å². The predicted octanol–water partition coefficient (Wildman–Crippen LogP) is 3.02. The number of aryl methyl sites for hydroxylation is 1. The molecule has 0 spiro atoms. The molecule has 0 saturated carbocycles. The first-order chi connectivity index (χ1) is 7.11. The Hall–Kier alpha value is -1.29. The zero-order valence-corrected chi connectivity index (χ0v) is 10.00. The fourth-order valence-electron chi connectivity index (χ4n) is 1.52. The van der Waals surface area contributed by atoms with Crippen molar-refractivity contribution in [3.8, 4) is 11.5 Å². The van der Waals surface area contributed by atoms with Crippen LogP contribution < -0.4 is 4.74 Å². The van der Waals surface area contributed by atoms with Gasteiger partial charge < -0.3 is 9.84 Å². The van der Waals surface area contributed by atoms with Crippen molar-refractivity contribution in [3.63, 3.8) is 0 Å². The van der Waals surface area contributed by atoms with Gasteiger partial charge in [-0.05, 0) is 19.1 Å². The highest BCUT2D eigenvalue weighted by Crippen LogP contribution is 2.33. The Morgan fingerprint density at radius 1 is 1.33 bits per heavy atom. The highest BCUT2D eigenvalue weighted by Gasteiger charge is 2.09. The molecule has 15 heavy (non-hydrogen) atoms. The molecule has 0 amide bonds. The molecule has 1 aromatic carbocycles. The third-order valence-corrected chi connectivity index (χ3v) is 2.63. The molecule has 2 aromatic rings. The van der Waals surface area contributed by atoms with Crippen LogP contribution in [0, 0.1) is 6.92 Å². The molecule has 0 aliphatic carbocycles. The number of fused-ring (bicyclic) bond motifs is 1. The third kappa shape index (κ3) is 1.77. The van der Waals surface area contributed by atoms with E-state index in [2.05, 4.69) is 20.9 Å². The van der Waals surface area contributed by atoms with E-state index in [1.165, 1.54) is 0 Å². The van der Waals surface area contributed by atoms with Crippen molar-refractivity contribution in [2.24, 2.45) is 0 Å². The van der Waals surface area contributed by atoms with E-state index in [1.807, 2.05) is 19.1 Å². The number of hydrogen-bond acceptors (Lipinski definition) is 3. The first-order valence-electron chi connectivity index (χ1n) is 4.45.